The van der Waals surface area contributed by atoms with Gasteiger partial charge < -0.3 is 10.1 Å². The smallest absolute Gasteiger partial charge is 0.248 e. The molecule has 1 N–H and O–H groups in total. The van der Waals surface area contributed by atoms with Crippen LogP contribution < -0.4 is 10.1 Å². The minimum Gasteiger partial charge on any atom is -0.495 e. The van der Waals surface area contributed by atoms with Gasteiger partial charge in [0.1, 0.15) is 5.75 Å². The van der Waals surface area contributed by atoms with Crippen LogP contribution >= 0.6 is 23.2 Å². The highest BCUT2D eigenvalue weighted by molar-refractivity contribution is 6.32. The zero-order chi connectivity index (χ0) is 16.1. The first kappa shape index (κ1) is 16.4. The minimum absolute atomic E-state index is 0.278. The molecular formula is C17H15Cl2NO2. The van der Waals surface area contributed by atoms with Gasteiger partial charge in [-0.25, -0.2) is 0 Å². The number of amides is 1. The third kappa shape index (κ3) is 4.03. The van der Waals surface area contributed by atoms with Gasteiger partial charge in [0.25, 0.3) is 0 Å². The van der Waals surface area contributed by atoms with Crippen LogP contribution in [0.5, 0.6) is 5.75 Å². The van der Waals surface area contributed by atoms with E-state index < -0.39 is 0 Å². The normalized spacial score (nSPS) is 10.7. The van der Waals surface area contributed by atoms with Crippen molar-refractivity contribution in [2.24, 2.45) is 0 Å². The second-order valence-electron chi connectivity index (χ2n) is 4.65. The molecule has 0 fully saturated rings. The van der Waals surface area contributed by atoms with E-state index in [4.69, 9.17) is 27.9 Å². The number of aryl methyl sites for hydroxylation is 1. The maximum absolute atomic E-state index is 12.0. The Balaban J connectivity index is 2.16. The molecule has 0 radical (unpaired) electrons. The summed E-state index contributed by atoms with van der Waals surface area (Å²) in [7, 11) is 1.52. The first-order chi connectivity index (χ1) is 10.5. The van der Waals surface area contributed by atoms with Crippen molar-refractivity contribution in [2.45, 2.75) is 6.92 Å². The summed E-state index contributed by atoms with van der Waals surface area (Å²) in [5.41, 5.74) is 2.20. The first-order valence-corrected chi connectivity index (χ1v) is 7.34. The van der Waals surface area contributed by atoms with E-state index in [2.05, 4.69) is 5.32 Å². The second-order valence-corrected chi connectivity index (χ2v) is 5.46. The molecule has 0 spiro atoms. The summed E-state index contributed by atoms with van der Waals surface area (Å²) >= 11 is 12.1. The molecule has 2 aromatic rings. The van der Waals surface area contributed by atoms with Crippen LogP contribution in [0.3, 0.4) is 0 Å². The molecule has 0 aromatic heterocycles. The van der Waals surface area contributed by atoms with Crippen LogP contribution in [0, 0.1) is 6.92 Å². The van der Waals surface area contributed by atoms with Crippen LogP contribution in [0.2, 0.25) is 10.0 Å². The second kappa shape index (κ2) is 7.34. The Bertz CT molecular complexity index is 727. The minimum atomic E-state index is -0.278. The van der Waals surface area contributed by atoms with Gasteiger partial charge in [-0.1, -0.05) is 41.4 Å². The summed E-state index contributed by atoms with van der Waals surface area (Å²) in [6.07, 6.45) is 3.08. The van der Waals surface area contributed by atoms with E-state index in [-0.39, 0.29) is 5.91 Å². The summed E-state index contributed by atoms with van der Waals surface area (Å²) in [4.78, 5) is 12.0. The lowest BCUT2D eigenvalue weighted by molar-refractivity contribution is -0.111. The summed E-state index contributed by atoms with van der Waals surface area (Å²) in [6.45, 7) is 1.86. The number of carbonyl (C=O) groups excluding carboxylic acids is 1. The number of hydrogen-bond donors (Lipinski definition) is 1. The fraction of sp³-hybridized carbons (Fsp3) is 0.118. The van der Waals surface area contributed by atoms with Crippen molar-refractivity contribution in [3.8, 4) is 5.75 Å². The van der Waals surface area contributed by atoms with Gasteiger partial charge in [0, 0.05) is 22.2 Å². The molecule has 2 aromatic carbocycles. The first-order valence-electron chi connectivity index (χ1n) is 6.59. The lowest BCUT2D eigenvalue weighted by atomic mass is 10.2. The fourth-order valence-corrected chi connectivity index (χ4v) is 2.23. The van der Waals surface area contributed by atoms with E-state index in [1.54, 1.807) is 24.3 Å². The molecule has 0 aliphatic carbocycles. The van der Waals surface area contributed by atoms with Crippen LogP contribution in [0.4, 0.5) is 5.69 Å². The summed E-state index contributed by atoms with van der Waals surface area (Å²) < 4.78 is 5.22. The topological polar surface area (TPSA) is 38.3 Å². The summed E-state index contributed by atoms with van der Waals surface area (Å²) in [6, 6.07) is 10.7. The number of carbonyl (C=O) groups is 1. The Morgan fingerprint density at radius 2 is 1.91 bits per heavy atom. The average molecular weight is 336 g/mol. The third-order valence-electron chi connectivity index (χ3n) is 3.06. The highest BCUT2D eigenvalue weighted by Crippen LogP contribution is 2.31. The SMILES string of the molecule is COc1cc(Cl)c(C)cc1NC(=O)/C=C/c1ccccc1Cl. The molecule has 114 valence electrons. The van der Waals surface area contributed by atoms with E-state index in [1.807, 2.05) is 25.1 Å². The molecule has 3 nitrogen and oxygen atoms in total. The highest BCUT2D eigenvalue weighted by atomic mass is 35.5. The van der Waals surface area contributed by atoms with Crippen molar-refractivity contribution in [3.63, 3.8) is 0 Å². The highest BCUT2D eigenvalue weighted by Gasteiger charge is 2.09. The number of halogens is 2. The van der Waals surface area contributed by atoms with Crippen LogP contribution in [0.15, 0.2) is 42.5 Å². The Morgan fingerprint density at radius 3 is 2.59 bits per heavy atom. The average Bonchev–Trinajstić information content (AvgIpc) is 2.50. The van der Waals surface area contributed by atoms with Crippen molar-refractivity contribution in [2.75, 3.05) is 12.4 Å². The monoisotopic (exact) mass is 335 g/mol. The molecular weight excluding hydrogens is 321 g/mol. The van der Waals surface area contributed by atoms with Crippen LogP contribution in [-0.4, -0.2) is 13.0 Å². The fourth-order valence-electron chi connectivity index (χ4n) is 1.88. The number of hydrogen-bond acceptors (Lipinski definition) is 2. The zero-order valence-electron chi connectivity index (χ0n) is 12.2. The van der Waals surface area contributed by atoms with E-state index in [0.717, 1.165) is 11.1 Å². The number of methoxy groups -OCH3 is 1. The van der Waals surface area contributed by atoms with Crippen molar-refractivity contribution < 1.29 is 9.53 Å². The van der Waals surface area contributed by atoms with Gasteiger partial charge in [-0.15, -0.1) is 0 Å². The lowest BCUT2D eigenvalue weighted by Gasteiger charge is -2.11. The maximum Gasteiger partial charge on any atom is 0.248 e. The van der Waals surface area contributed by atoms with E-state index in [0.29, 0.717) is 21.5 Å². The molecule has 2 rings (SSSR count). The quantitative estimate of drug-likeness (QED) is 0.801. The number of nitrogens with one attached hydrogen (secondary N) is 1. The lowest BCUT2D eigenvalue weighted by Crippen LogP contribution is -2.09. The van der Waals surface area contributed by atoms with Crippen molar-refractivity contribution >= 4 is 40.9 Å². The predicted octanol–water partition coefficient (Wildman–Crippen LogP) is 4.96. The van der Waals surface area contributed by atoms with Gasteiger partial charge in [-0.2, -0.15) is 0 Å². The maximum atomic E-state index is 12.0. The van der Waals surface area contributed by atoms with Crippen LogP contribution in [0.25, 0.3) is 6.08 Å². The van der Waals surface area contributed by atoms with Gasteiger partial charge in [0.05, 0.1) is 12.8 Å². The Hall–Kier alpha value is -1.97. The molecule has 0 bridgehead atoms. The van der Waals surface area contributed by atoms with Crippen molar-refractivity contribution in [3.05, 3.63) is 63.6 Å². The van der Waals surface area contributed by atoms with Crippen LogP contribution in [-0.2, 0) is 4.79 Å². The van der Waals surface area contributed by atoms with E-state index in [1.165, 1.54) is 13.2 Å². The van der Waals surface area contributed by atoms with E-state index in [9.17, 15) is 4.79 Å². The molecule has 0 aliphatic rings. The molecule has 0 atom stereocenters. The number of ether oxygens (including phenoxy) is 1. The Labute approximate surface area is 139 Å². The molecule has 0 saturated heterocycles. The van der Waals surface area contributed by atoms with Gasteiger partial charge in [-0.3, -0.25) is 4.79 Å². The van der Waals surface area contributed by atoms with Crippen molar-refractivity contribution in [1.82, 2.24) is 0 Å². The standard InChI is InChI=1S/C17H15Cl2NO2/c1-11-9-15(16(22-2)10-14(11)19)20-17(21)8-7-12-5-3-4-6-13(12)18/h3-10H,1-2H3,(H,20,21)/b8-7+. The molecule has 5 heteroatoms. The van der Waals surface area contributed by atoms with Gasteiger partial charge in [0.15, 0.2) is 0 Å². The Kier molecular flexibility index (Phi) is 5.47. The molecule has 0 heterocycles. The molecule has 1 amide bonds. The molecule has 0 unspecified atom stereocenters. The Morgan fingerprint density at radius 1 is 1.18 bits per heavy atom. The van der Waals surface area contributed by atoms with Crippen molar-refractivity contribution in [1.29, 1.82) is 0 Å². The molecule has 22 heavy (non-hydrogen) atoms. The van der Waals surface area contributed by atoms with Gasteiger partial charge in [-0.05, 0) is 36.3 Å². The number of benzene rings is 2. The molecule has 0 aliphatic heterocycles. The zero-order valence-corrected chi connectivity index (χ0v) is 13.7. The van der Waals surface area contributed by atoms with Crippen LogP contribution in [0.1, 0.15) is 11.1 Å². The predicted molar refractivity (Wildman–Crippen MR) is 91.9 cm³/mol. The summed E-state index contributed by atoms with van der Waals surface area (Å²) in [5.74, 6) is 0.232. The third-order valence-corrected chi connectivity index (χ3v) is 3.81. The van der Waals surface area contributed by atoms with Gasteiger partial charge in [0.2, 0.25) is 5.91 Å². The molecule has 0 saturated carbocycles. The summed E-state index contributed by atoms with van der Waals surface area (Å²) in [5, 5.41) is 3.94. The van der Waals surface area contributed by atoms with E-state index >= 15 is 0 Å². The number of rotatable bonds is 4. The largest absolute Gasteiger partial charge is 0.495 e. The number of anilines is 1. The van der Waals surface area contributed by atoms with Gasteiger partial charge >= 0.3 is 0 Å².